The molecular weight excluding hydrogens is 306 g/mol. The SMILES string of the molecule is O=C(NC[C@H](CO)Cc1ccco1)c1cccc(-c2cn[nH]c2)c1. The number of benzene rings is 1. The number of hydrogen-bond donors (Lipinski definition) is 3. The van der Waals surface area contributed by atoms with E-state index in [4.69, 9.17) is 4.42 Å². The molecule has 0 unspecified atom stereocenters. The summed E-state index contributed by atoms with van der Waals surface area (Å²) in [6.07, 6.45) is 5.67. The van der Waals surface area contributed by atoms with Crippen LogP contribution in [0.15, 0.2) is 59.5 Å². The van der Waals surface area contributed by atoms with Crippen molar-refractivity contribution in [3.8, 4) is 11.1 Å². The fourth-order valence-corrected chi connectivity index (χ4v) is 2.50. The van der Waals surface area contributed by atoms with Crippen molar-refractivity contribution in [1.29, 1.82) is 0 Å². The molecule has 124 valence electrons. The number of aromatic nitrogens is 2. The minimum atomic E-state index is -0.168. The lowest BCUT2D eigenvalue weighted by Gasteiger charge is -2.14. The van der Waals surface area contributed by atoms with E-state index < -0.39 is 0 Å². The average molecular weight is 325 g/mol. The molecule has 0 aliphatic heterocycles. The van der Waals surface area contributed by atoms with Gasteiger partial charge < -0.3 is 14.8 Å². The molecular formula is C18H19N3O3. The molecule has 0 radical (unpaired) electrons. The summed E-state index contributed by atoms with van der Waals surface area (Å²) >= 11 is 0. The third-order valence-corrected chi connectivity index (χ3v) is 3.84. The van der Waals surface area contributed by atoms with Gasteiger partial charge in [0, 0.05) is 42.8 Å². The molecule has 2 aromatic heterocycles. The molecule has 1 amide bonds. The Kier molecular flexibility index (Phi) is 5.08. The van der Waals surface area contributed by atoms with E-state index in [9.17, 15) is 9.90 Å². The molecule has 1 atom stereocenters. The van der Waals surface area contributed by atoms with E-state index in [1.807, 2.05) is 30.3 Å². The Labute approximate surface area is 139 Å². The van der Waals surface area contributed by atoms with E-state index in [1.165, 1.54) is 0 Å². The number of aliphatic hydroxyl groups excluding tert-OH is 1. The summed E-state index contributed by atoms with van der Waals surface area (Å²) in [5.41, 5.74) is 2.42. The quantitative estimate of drug-likeness (QED) is 0.621. The highest BCUT2D eigenvalue weighted by Gasteiger charge is 2.13. The number of carbonyl (C=O) groups excluding carboxylic acids is 1. The fraction of sp³-hybridized carbons (Fsp3) is 0.222. The van der Waals surface area contributed by atoms with E-state index in [-0.39, 0.29) is 18.4 Å². The lowest BCUT2D eigenvalue weighted by atomic mass is 10.0. The second-order valence-electron chi connectivity index (χ2n) is 5.61. The van der Waals surface area contributed by atoms with Gasteiger partial charge in [0.1, 0.15) is 5.76 Å². The van der Waals surface area contributed by atoms with Crippen molar-refractivity contribution >= 4 is 5.91 Å². The zero-order chi connectivity index (χ0) is 16.8. The molecule has 0 bridgehead atoms. The van der Waals surface area contributed by atoms with Crippen molar-refractivity contribution in [2.45, 2.75) is 6.42 Å². The molecule has 3 N–H and O–H groups in total. The van der Waals surface area contributed by atoms with Crippen LogP contribution in [0.2, 0.25) is 0 Å². The molecule has 1 aromatic carbocycles. The zero-order valence-electron chi connectivity index (χ0n) is 13.1. The van der Waals surface area contributed by atoms with Crippen LogP contribution in [-0.2, 0) is 6.42 Å². The molecule has 0 aliphatic rings. The minimum absolute atomic E-state index is 0.0178. The summed E-state index contributed by atoms with van der Waals surface area (Å²) in [5, 5.41) is 19.0. The topological polar surface area (TPSA) is 91.2 Å². The highest BCUT2D eigenvalue weighted by molar-refractivity contribution is 5.95. The summed E-state index contributed by atoms with van der Waals surface area (Å²) in [6, 6.07) is 11.0. The molecule has 0 fully saturated rings. The number of rotatable bonds is 7. The van der Waals surface area contributed by atoms with Crippen molar-refractivity contribution in [3.05, 3.63) is 66.4 Å². The smallest absolute Gasteiger partial charge is 0.251 e. The van der Waals surface area contributed by atoms with E-state index in [2.05, 4.69) is 15.5 Å². The first-order valence-electron chi connectivity index (χ1n) is 7.77. The Morgan fingerprint density at radius 1 is 1.29 bits per heavy atom. The lowest BCUT2D eigenvalue weighted by molar-refractivity contribution is 0.0939. The number of furan rings is 1. The van der Waals surface area contributed by atoms with Gasteiger partial charge in [0.2, 0.25) is 0 Å². The fourth-order valence-electron chi connectivity index (χ4n) is 2.50. The van der Waals surface area contributed by atoms with Crippen LogP contribution >= 0.6 is 0 Å². The molecule has 3 aromatic rings. The van der Waals surface area contributed by atoms with Crippen molar-refractivity contribution in [2.75, 3.05) is 13.2 Å². The Bertz CT molecular complexity index is 767. The van der Waals surface area contributed by atoms with Crippen LogP contribution < -0.4 is 5.32 Å². The van der Waals surface area contributed by atoms with Crippen molar-refractivity contribution in [3.63, 3.8) is 0 Å². The molecule has 24 heavy (non-hydrogen) atoms. The summed E-state index contributed by atoms with van der Waals surface area (Å²) in [7, 11) is 0. The Balaban J connectivity index is 1.61. The van der Waals surface area contributed by atoms with Gasteiger partial charge in [-0.25, -0.2) is 0 Å². The predicted molar refractivity (Wildman–Crippen MR) is 89.3 cm³/mol. The number of nitrogens with one attached hydrogen (secondary N) is 2. The van der Waals surface area contributed by atoms with Gasteiger partial charge in [-0.1, -0.05) is 12.1 Å². The largest absolute Gasteiger partial charge is 0.469 e. The van der Waals surface area contributed by atoms with E-state index in [0.717, 1.165) is 16.9 Å². The maximum atomic E-state index is 12.3. The molecule has 3 rings (SSSR count). The Hall–Kier alpha value is -2.86. The van der Waals surface area contributed by atoms with E-state index >= 15 is 0 Å². The van der Waals surface area contributed by atoms with E-state index in [1.54, 1.807) is 24.7 Å². The third-order valence-electron chi connectivity index (χ3n) is 3.84. The number of amides is 1. The van der Waals surface area contributed by atoms with Crippen molar-refractivity contribution < 1.29 is 14.3 Å². The predicted octanol–water partition coefficient (Wildman–Crippen LogP) is 2.25. The first-order chi connectivity index (χ1) is 11.8. The standard InChI is InChI=1S/C18H19N3O3/c22-12-13(7-17-5-2-6-24-17)9-19-18(23)15-4-1-3-14(8-15)16-10-20-21-11-16/h1-6,8,10-11,13,22H,7,9,12H2,(H,19,23)(H,20,21)/t13-/m1/s1. The number of aromatic amines is 1. The number of hydrogen-bond acceptors (Lipinski definition) is 4. The Morgan fingerprint density at radius 2 is 2.21 bits per heavy atom. The number of nitrogens with zero attached hydrogens (tertiary/aromatic N) is 1. The molecule has 0 saturated heterocycles. The number of H-pyrrole nitrogens is 1. The summed E-state index contributed by atoms with van der Waals surface area (Å²) in [5.74, 6) is 0.542. The van der Waals surface area contributed by atoms with Gasteiger partial charge in [-0.3, -0.25) is 9.89 Å². The minimum Gasteiger partial charge on any atom is -0.469 e. The highest BCUT2D eigenvalue weighted by atomic mass is 16.3. The van der Waals surface area contributed by atoms with Crippen LogP contribution in [0.1, 0.15) is 16.1 Å². The first-order valence-corrected chi connectivity index (χ1v) is 7.77. The zero-order valence-corrected chi connectivity index (χ0v) is 13.1. The van der Waals surface area contributed by atoms with E-state index in [0.29, 0.717) is 18.5 Å². The normalized spacial score (nSPS) is 12.0. The summed E-state index contributed by atoms with van der Waals surface area (Å²) < 4.78 is 5.28. The maximum Gasteiger partial charge on any atom is 0.251 e. The van der Waals surface area contributed by atoms with Crippen LogP contribution in [0, 0.1) is 5.92 Å². The summed E-state index contributed by atoms with van der Waals surface area (Å²) in [4.78, 5) is 12.3. The molecule has 6 nitrogen and oxygen atoms in total. The van der Waals surface area contributed by atoms with Crippen LogP contribution in [0.4, 0.5) is 0 Å². The molecule has 2 heterocycles. The second kappa shape index (κ2) is 7.61. The van der Waals surface area contributed by atoms with Gasteiger partial charge in [0.25, 0.3) is 5.91 Å². The second-order valence-corrected chi connectivity index (χ2v) is 5.61. The molecule has 0 aliphatic carbocycles. The average Bonchev–Trinajstić information content (AvgIpc) is 3.32. The molecule has 0 saturated carbocycles. The van der Waals surface area contributed by atoms with Gasteiger partial charge in [0.05, 0.1) is 12.5 Å². The van der Waals surface area contributed by atoms with Gasteiger partial charge in [0.15, 0.2) is 0 Å². The lowest BCUT2D eigenvalue weighted by Crippen LogP contribution is -2.31. The number of carbonyl (C=O) groups is 1. The highest BCUT2D eigenvalue weighted by Crippen LogP contribution is 2.18. The van der Waals surface area contributed by atoms with Gasteiger partial charge in [-0.2, -0.15) is 5.10 Å². The van der Waals surface area contributed by atoms with Gasteiger partial charge in [-0.15, -0.1) is 0 Å². The molecule has 6 heteroatoms. The number of aliphatic hydroxyl groups is 1. The molecule has 0 spiro atoms. The van der Waals surface area contributed by atoms with Crippen LogP contribution in [0.3, 0.4) is 0 Å². The van der Waals surface area contributed by atoms with Gasteiger partial charge in [-0.05, 0) is 29.8 Å². The van der Waals surface area contributed by atoms with Gasteiger partial charge >= 0.3 is 0 Å². The van der Waals surface area contributed by atoms with Crippen molar-refractivity contribution in [1.82, 2.24) is 15.5 Å². The van der Waals surface area contributed by atoms with Crippen LogP contribution in [-0.4, -0.2) is 34.4 Å². The first kappa shape index (κ1) is 16.0. The third kappa shape index (κ3) is 3.91. The Morgan fingerprint density at radius 3 is 2.92 bits per heavy atom. The van der Waals surface area contributed by atoms with Crippen LogP contribution in [0.5, 0.6) is 0 Å². The summed E-state index contributed by atoms with van der Waals surface area (Å²) in [6.45, 7) is 0.363. The monoisotopic (exact) mass is 325 g/mol. The van der Waals surface area contributed by atoms with Crippen LogP contribution in [0.25, 0.3) is 11.1 Å². The van der Waals surface area contributed by atoms with Crippen molar-refractivity contribution in [2.24, 2.45) is 5.92 Å². The maximum absolute atomic E-state index is 12.3.